The number of para-hydroxylation sites is 2. The highest BCUT2D eigenvalue weighted by Gasteiger charge is 2.26. The van der Waals surface area contributed by atoms with Gasteiger partial charge in [-0.3, -0.25) is 14.2 Å². The normalized spacial score (nSPS) is 14.7. The molecule has 3 aromatic rings. The van der Waals surface area contributed by atoms with Crippen molar-refractivity contribution >= 4 is 40.3 Å². The highest BCUT2D eigenvalue weighted by atomic mass is 32.2. The van der Waals surface area contributed by atoms with Crippen LogP contribution in [0.2, 0.25) is 0 Å². The maximum absolute atomic E-state index is 12.9. The molecule has 4 rings (SSSR count). The number of thioether (sulfide) groups is 1. The number of carbonyl (C=O) groups is 2. The number of amides is 2. The monoisotopic (exact) mass is 442 g/mol. The standard InChI is InChI=1S/C22H23FN4O3S/c23-15-5-7-16(8-6-15)24-20(28)13-31-14-21(29)26-11-9-17(10-12-26)27-19-4-2-1-3-18(19)25-22(27)30/h1-8,17H,9-14H2,(H,24,28)(H,25,30). The van der Waals surface area contributed by atoms with Gasteiger partial charge in [0.2, 0.25) is 11.8 Å². The van der Waals surface area contributed by atoms with Crippen LogP contribution in [0.15, 0.2) is 53.3 Å². The second-order valence-electron chi connectivity index (χ2n) is 7.48. The van der Waals surface area contributed by atoms with Gasteiger partial charge in [-0.1, -0.05) is 12.1 Å². The summed E-state index contributed by atoms with van der Waals surface area (Å²) in [6.45, 7) is 1.16. The Balaban J connectivity index is 1.24. The smallest absolute Gasteiger partial charge is 0.326 e. The Morgan fingerprint density at radius 1 is 1.06 bits per heavy atom. The van der Waals surface area contributed by atoms with Crippen LogP contribution in [0.25, 0.3) is 11.0 Å². The lowest BCUT2D eigenvalue weighted by Crippen LogP contribution is -2.41. The molecule has 0 spiro atoms. The zero-order chi connectivity index (χ0) is 21.8. The number of aromatic amines is 1. The van der Waals surface area contributed by atoms with Gasteiger partial charge in [0.25, 0.3) is 0 Å². The number of rotatable bonds is 6. The summed E-state index contributed by atoms with van der Waals surface area (Å²) in [5, 5.41) is 2.68. The lowest BCUT2D eigenvalue weighted by molar-refractivity contribution is -0.129. The van der Waals surface area contributed by atoms with Crippen LogP contribution >= 0.6 is 11.8 Å². The summed E-state index contributed by atoms with van der Waals surface area (Å²) in [6.07, 6.45) is 1.42. The number of halogens is 1. The van der Waals surface area contributed by atoms with E-state index in [0.29, 0.717) is 31.6 Å². The van der Waals surface area contributed by atoms with Crippen molar-refractivity contribution in [1.82, 2.24) is 14.5 Å². The van der Waals surface area contributed by atoms with Gasteiger partial charge in [-0.05, 0) is 49.2 Å². The Morgan fingerprint density at radius 3 is 2.52 bits per heavy atom. The SMILES string of the molecule is O=C(CSCC(=O)N1CCC(n2c(=O)[nH]c3ccccc32)CC1)Nc1ccc(F)cc1. The molecule has 0 unspecified atom stereocenters. The number of fused-ring (bicyclic) bond motifs is 1. The van der Waals surface area contributed by atoms with E-state index in [1.54, 1.807) is 9.47 Å². The number of piperidine rings is 1. The summed E-state index contributed by atoms with van der Waals surface area (Å²) < 4.78 is 14.7. The summed E-state index contributed by atoms with van der Waals surface area (Å²) in [7, 11) is 0. The number of anilines is 1. The van der Waals surface area contributed by atoms with Gasteiger partial charge < -0.3 is 15.2 Å². The van der Waals surface area contributed by atoms with Crippen molar-refractivity contribution in [3.8, 4) is 0 Å². The lowest BCUT2D eigenvalue weighted by Gasteiger charge is -2.32. The molecule has 1 aliphatic heterocycles. The number of carbonyl (C=O) groups excluding carboxylic acids is 2. The van der Waals surface area contributed by atoms with E-state index in [1.807, 2.05) is 24.3 Å². The fourth-order valence-electron chi connectivity index (χ4n) is 3.86. The largest absolute Gasteiger partial charge is 0.342 e. The topological polar surface area (TPSA) is 87.2 Å². The Bertz CT molecular complexity index is 1130. The first-order valence-corrected chi connectivity index (χ1v) is 11.3. The molecular formula is C22H23FN4O3S. The average Bonchev–Trinajstić information content (AvgIpc) is 3.11. The molecule has 0 bridgehead atoms. The fourth-order valence-corrected chi connectivity index (χ4v) is 4.58. The zero-order valence-corrected chi connectivity index (χ0v) is 17.7. The van der Waals surface area contributed by atoms with E-state index >= 15 is 0 Å². The van der Waals surface area contributed by atoms with E-state index in [2.05, 4.69) is 10.3 Å². The van der Waals surface area contributed by atoms with Crippen LogP contribution in [0.5, 0.6) is 0 Å². The van der Waals surface area contributed by atoms with Crippen LogP contribution in [0.3, 0.4) is 0 Å². The van der Waals surface area contributed by atoms with E-state index < -0.39 is 0 Å². The molecule has 2 N–H and O–H groups in total. The summed E-state index contributed by atoms with van der Waals surface area (Å²) in [5.74, 6) is -0.249. The number of likely N-dealkylation sites (tertiary alicyclic amines) is 1. The number of H-pyrrole nitrogens is 1. The molecule has 162 valence electrons. The van der Waals surface area contributed by atoms with Crippen LogP contribution in [0, 0.1) is 5.82 Å². The van der Waals surface area contributed by atoms with Crippen molar-refractivity contribution in [1.29, 1.82) is 0 Å². The van der Waals surface area contributed by atoms with Crippen LogP contribution in [0.4, 0.5) is 10.1 Å². The summed E-state index contributed by atoms with van der Waals surface area (Å²) >= 11 is 1.25. The number of aromatic nitrogens is 2. The summed E-state index contributed by atoms with van der Waals surface area (Å²) in [6, 6.07) is 13.2. The maximum Gasteiger partial charge on any atom is 0.326 e. The Kier molecular flexibility index (Phi) is 6.41. The third-order valence-corrected chi connectivity index (χ3v) is 6.31. The number of hydrogen-bond donors (Lipinski definition) is 2. The van der Waals surface area contributed by atoms with Crippen molar-refractivity contribution in [3.63, 3.8) is 0 Å². The van der Waals surface area contributed by atoms with Crippen molar-refractivity contribution in [2.24, 2.45) is 0 Å². The van der Waals surface area contributed by atoms with E-state index in [4.69, 9.17) is 0 Å². The van der Waals surface area contributed by atoms with E-state index in [0.717, 1.165) is 11.0 Å². The fraction of sp³-hybridized carbons (Fsp3) is 0.318. The predicted octanol–water partition coefficient (Wildman–Crippen LogP) is 3.00. The Hall–Kier alpha value is -3.07. The second kappa shape index (κ2) is 9.38. The first-order valence-electron chi connectivity index (χ1n) is 10.1. The predicted molar refractivity (Wildman–Crippen MR) is 120 cm³/mol. The molecule has 9 heteroatoms. The molecule has 0 saturated carbocycles. The van der Waals surface area contributed by atoms with Gasteiger partial charge in [0.05, 0.1) is 22.5 Å². The maximum atomic E-state index is 12.9. The molecule has 1 aromatic heterocycles. The van der Waals surface area contributed by atoms with Crippen LogP contribution in [0.1, 0.15) is 18.9 Å². The average molecular weight is 443 g/mol. The van der Waals surface area contributed by atoms with Gasteiger partial charge in [0, 0.05) is 24.8 Å². The van der Waals surface area contributed by atoms with Gasteiger partial charge in [0.15, 0.2) is 0 Å². The summed E-state index contributed by atoms with van der Waals surface area (Å²) in [4.78, 5) is 41.5. The molecule has 1 saturated heterocycles. The molecule has 2 amide bonds. The number of imidazole rings is 1. The molecule has 0 atom stereocenters. The van der Waals surface area contributed by atoms with Crippen molar-refractivity contribution in [2.45, 2.75) is 18.9 Å². The number of nitrogens with one attached hydrogen (secondary N) is 2. The van der Waals surface area contributed by atoms with E-state index in [1.165, 1.54) is 36.0 Å². The quantitative estimate of drug-likeness (QED) is 0.614. The van der Waals surface area contributed by atoms with Crippen LogP contribution < -0.4 is 11.0 Å². The van der Waals surface area contributed by atoms with Gasteiger partial charge >= 0.3 is 5.69 Å². The highest BCUT2D eigenvalue weighted by Crippen LogP contribution is 2.25. The van der Waals surface area contributed by atoms with E-state index in [-0.39, 0.29) is 40.9 Å². The van der Waals surface area contributed by atoms with Crippen LogP contribution in [-0.4, -0.2) is 50.9 Å². The molecule has 2 aromatic carbocycles. The summed E-state index contributed by atoms with van der Waals surface area (Å²) in [5.41, 5.74) is 2.11. The first kappa shape index (κ1) is 21.2. The highest BCUT2D eigenvalue weighted by molar-refractivity contribution is 8.00. The zero-order valence-electron chi connectivity index (χ0n) is 16.8. The lowest BCUT2D eigenvalue weighted by atomic mass is 10.0. The van der Waals surface area contributed by atoms with Gasteiger partial charge in [-0.2, -0.15) is 0 Å². The van der Waals surface area contributed by atoms with Crippen molar-refractivity contribution in [2.75, 3.05) is 29.9 Å². The number of benzene rings is 2. The van der Waals surface area contributed by atoms with Gasteiger partial charge in [0.1, 0.15) is 5.82 Å². The van der Waals surface area contributed by atoms with Crippen molar-refractivity contribution < 1.29 is 14.0 Å². The third kappa shape index (κ3) is 4.99. The second-order valence-corrected chi connectivity index (χ2v) is 8.46. The number of nitrogens with zero attached hydrogens (tertiary/aromatic N) is 2. The molecule has 1 aliphatic rings. The molecule has 0 aliphatic carbocycles. The first-order chi connectivity index (χ1) is 15.0. The Morgan fingerprint density at radius 2 is 1.77 bits per heavy atom. The van der Waals surface area contributed by atoms with Crippen LogP contribution in [-0.2, 0) is 9.59 Å². The molecule has 7 nitrogen and oxygen atoms in total. The van der Waals surface area contributed by atoms with E-state index in [9.17, 15) is 18.8 Å². The minimum absolute atomic E-state index is 0.00990. The minimum Gasteiger partial charge on any atom is -0.342 e. The molecule has 0 radical (unpaired) electrons. The van der Waals surface area contributed by atoms with Gasteiger partial charge in [-0.15, -0.1) is 11.8 Å². The minimum atomic E-state index is -0.365. The third-order valence-electron chi connectivity index (χ3n) is 5.39. The molecule has 1 fully saturated rings. The molecule has 2 heterocycles. The van der Waals surface area contributed by atoms with Gasteiger partial charge in [-0.25, -0.2) is 9.18 Å². The Labute approximate surface area is 182 Å². The molecule has 31 heavy (non-hydrogen) atoms. The van der Waals surface area contributed by atoms with Crippen molar-refractivity contribution in [3.05, 3.63) is 64.8 Å². The molecular weight excluding hydrogens is 419 g/mol. The number of hydrogen-bond acceptors (Lipinski definition) is 4.